The van der Waals surface area contributed by atoms with E-state index in [0.717, 1.165) is 6.07 Å². The van der Waals surface area contributed by atoms with Gasteiger partial charge in [0.1, 0.15) is 5.75 Å². The van der Waals surface area contributed by atoms with Crippen molar-refractivity contribution in [1.82, 2.24) is 0 Å². The quantitative estimate of drug-likeness (QED) is 0.579. The maximum Gasteiger partial charge on any atom is 0.416 e. The molecule has 31 heavy (non-hydrogen) atoms. The highest BCUT2D eigenvalue weighted by atomic mass is 35.5. The van der Waals surface area contributed by atoms with Crippen LogP contribution < -0.4 is 14.6 Å². The number of rotatable bonds is 6. The van der Waals surface area contributed by atoms with Crippen molar-refractivity contribution in [3.8, 4) is 11.5 Å². The standard InChI is InChI=1S/C20H13ClF3NO5S/c21-13-6-8-14(9-7-13)31(28,29)25-16-11-12(20(22,23)24)5-10-18(16)30-17-4-2-1-3-15(17)19(26)27/h1-11,25H,(H,26,27)/p-1. The lowest BCUT2D eigenvalue weighted by Gasteiger charge is -2.17. The van der Waals surface area contributed by atoms with Gasteiger partial charge in [-0.2, -0.15) is 13.2 Å². The molecule has 0 spiro atoms. The molecule has 3 rings (SSSR count). The van der Waals surface area contributed by atoms with Crippen molar-refractivity contribution >= 4 is 33.3 Å². The van der Waals surface area contributed by atoms with Crippen molar-refractivity contribution in [1.29, 1.82) is 0 Å². The SMILES string of the molecule is O=C([O-])c1ccccc1Oc1ccc(C(F)(F)F)cc1NS(=O)(=O)c1ccc(Cl)cc1. The Hall–Kier alpha value is -3.24. The van der Waals surface area contributed by atoms with Gasteiger partial charge < -0.3 is 14.6 Å². The third kappa shape index (κ3) is 5.28. The number of hydrogen-bond acceptors (Lipinski definition) is 5. The van der Waals surface area contributed by atoms with Crippen LogP contribution in [0.3, 0.4) is 0 Å². The molecule has 0 unspecified atom stereocenters. The summed E-state index contributed by atoms with van der Waals surface area (Å²) in [4.78, 5) is 11.0. The predicted molar refractivity (Wildman–Crippen MR) is 105 cm³/mol. The molecule has 0 aliphatic heterocycles. The maximum absolute atomic E-state index is 13.2. The Morgan fingerprint density at radius 3 is 2.23 bits per heavy atom. The maximum atomic E-state index is 13.2. The topological polar surface area (TPSA) is 95.5 Å². The van der Waals surface area contributed by atoms with Gasteiger partial charge in [-0.1, -0.05) is 23.7 Å². The molecule has 0 heterocycles. The molecule has 0 aliphatic carbocycles. The Bertz CT molecular complexity index is 1230. The minimum Gasteiger partial charge on any atom is -0.545 e. The molecule has 0 fully saturated rings. The van der Waals surface area contributed by atoms with Crippen molar-refractivity contribution in [2.75, 3.05) is 4.72 Å². The number of ether oxygens (including phenoxy) is 1. The van der Waals surface area contributed by atoms with Crippen molar-refractivity contribution in [2.24, 2.45) is 0 Å². The summed E-state index contributed by atoms with van der Waals surface area (Å²) in [6.07, 6.45) is -4.76. The minimum atomic E-state index is -4.76. The summed E-state index contributed by atoms with van der Waals surface area (Å²) in [5, 5.41) is 11.5. The molecule has 0 aromatic heterocycles. The largest absolute Gasteiger partial charge is 0.545 e. The lowest BCUT2D eigenvalue weighted by atomic mass is 10.1. The average Bonchev–Trinajstić information content (AvgIpc) is 2.69. The van der Waals surface area contributed by atoms with Crippen molar-refractivity contribution in [3.05, 3.63) is 82.9 Å². The highest BCUT2D eigenvalue weighted by Gasteiger charge is 2.32. The van der Waals surface area contributed by atoms with E-state index < -0.39 is 33.4 Å². The van der Waals surface area contributed by atoms with Crippen molar-refractivity contribution in [2.45, 2.75) is 11.1 Å². The van der Waals surface area contributed by atoms with Gasteiger partial charge in [-0.15, -0.1) is 0 Å². The second-order valence-corrected chi connectivity index (χ2v) is 8.27. The lowest BCUT2D eigenvalue weighted by molar-refractivity contribution is -0.255. The van der Waals surface area contributed by atoms with Gasteiger partial charge in [0.25, 0.3) is 10.0 Å². The molecule has 1 N–H and O–H groups in total. The molecule has 11 heteroatoms. The molecule has 0 bridgehead atoms. The number of hydrogen-bond donors (Lipinski definition) is 1. The average molecular weight is 471 g/mol. The van der Waals surface area contributed by atoms with Gasteiger partial charge in [0, 0.05) is 10.6 Å². The van der Waals surface area contributed by atoms with Crippen LogP contribution in [0.15, 0.2) is 71.6 Å². The van der Waals surface area contributed by atoms with Gasteiger partial charge in [-0.3, -0.25) is 4.72 Å². The third-order valence-electron chi connectivity index (χ3n) is 4.00. The smallest absolute Gasteiger partial charge is 0.416 e. The Balaban J connectivity index is 2.07. The molecule has 6 nitrogen and oxygen atoms in total. The van der Waals surface area contributed by atoms with E-state index in [-0.39, 0.29) is 27.0 Å². The van der Waals surface area contributed by atoms with Crippen LogP contribution in [0.5, 0.6) is 11.5 Å². The zero-order chi connectivity index (χ0) is 22.8. The van der Waals surface area contributed by atoms with E-state index in [2.05, 4.69) is 0 Å². The van der Waals surface area contributed by atoms with E-state index in [4.69, 9.17) is 16.3 Å². The monoisotopic (exact) mass is 470 g/mol. The van der Waals surface area contributed by atoms with Gasteiger partial charge in [0.2, 0.25) is 0 Å². The minimum absolute atomic E-state index is 0.241. The van der Waals surface area contributed by atoms with Gasteiger partial charge >= 0.3 is 6.18 Å². The van der Waals surface area contributed by atoms with Crippen LogP contribution in [0.1, 0.15) is 15.9 Å². The first-order valence-electron chi connectivity index (χ1n) is 8.45. The van der Waals surface area contributed by atoms with E-state index in [1.165, 1.54) is 48.5 Å². The summed E-state index contributed by atoms with van der Waals surface area (Å²) in [6.45, 7) is 0. The zero-order valence-electron chi connectivity index (χ0n) is 15.3. The molecule has 3 aromatic rings. The molecule has 0 aliphatic rings. The van der Waals surface area contributed by atoms with Crippen LogP contribution in [-0.4, -0.2) is 14.4 Å². The Morgan fingerprint density at radius 1 is 0.968 bits per heavy atom. The van der Waals surface area contributed by atoms with Crippen LogP contribution in [0.4, 0.5) is 18.9 Å². The second kappa shape index (κ2) is 8.48. The lowest BCUT2D eigenvalue weighted by Crippen LogP contribution is -2.22. The van der Waals surface area contributed by atoms with Crippen LogP contribution in [0, 0.1) is 0 Å². The normalized spacial score (nSPS) is 11.7. The predicted octanol–water partition coefficient (Wildman–Crippen LogP) is 4.32. The van der Waals surface area contributed by atoms with E-state index >= 15 is 0 Å². The van der Waals surface area contributed by atoms with Crippen LogP contribution >= 0.6 is 11.6 Å². The number of benzene rings is 3. The molecular weight excluding hydrogens is 459 g/mol. The van der Waals surface area contributed by atoms with Crippen LogP contribution in [0.2, 0.25) is 5.02 Å². The summed E-state index contributed by atoms with van der Waals surface area (Å²) in [5.41, 5.74) is -2.05. The summed E-state index contributed by atoms with van der Waals surface area (Å²) >= 11 is 5.74. The van der Waals surface area contributed by atoms with E-state index in [1.54, 1.807) is 0 Å². The fourth-order valence-electron chi connectivity index (χ4n) is 2.54. The number of para-hydroxylation sites is 1. The van der Waals surface area contributed by atoms with Crippen molar-refractivity contribution < 1.29 is 36.2 Å². The summed E-state index contributed by atoms with van der Waals surface area (Å²) in [5.74, 6) is -2.17. The number of carboxylic acid groups (broad SMARTS) is 1. The molecule has 0 radical (unpaired) electrons. The molecule has 162 valence electrons. The zero-order valence-corrected chi connectivity index (χ0v) is 16.9. The molecule has 0 saturated heterocycles. The number of halogens is 4. The molecule has 0 saturated carbocycles. The number of carboxylic acids is 1. The third-order valence-corrected chi connectivity index (χ3v) is 5.64. The number of alkyl halides is 3. The number of aromatic carboxylic acids is 1. The van der Waals surface area contributed by atoms with E-state index in [1.807, 2.05) is 4.72 Å². The first-order chi connectivity index (χ1) is 14.5. The van der Waals surface area contributed by atoms with E-state index in [0.29, 0.717) is 12.1 Å². The fraction of sp³-hybridized carbons (Fsp3) is 0.0500. The number of anilines is 1. The Kier molecular flexibility index (Phi) is 6.14. The van der Waals surface area contributed by atoms with Crippen molar-refractivity contribution in [3.63, 3.8) is 0 Å². The number of sulfonamides is 1. The van der Waals surface area contributed by atoms with Gasteiger partial charge in [-0.25, -0.2) is 8.42 Å². The molecular formula is C20H12ClF3NO5S-. The summed E-state index contributed by atoms with van der Waals surface area (Å²) in [7, 11) is -4.32. The van der Waals surface area contributed by atoms with Crippen LogP contribution in [0.25, 0.3) is 0 Å². The number of nitrogens with one attached hydrogen (secondary N) is 1. The first kappa shape index (κ1) is 22.4. The van der Waals surface area contributed by atoms with Crippen LogP contribution in [-0.2, 0) is 16.2 Å². The second-order valence-electron chi connectivity index (χ2n) is 6.15. The fourth-order valence-corrected chi connectivity index (χ4v) is 3.72. The number of carbonyl (C=O) groups is 1. The summed E-state index contributed by atoms with van der Waals surface area (Å²) in [6, 6.07) is 12.3. The first-order valence-corrected chi connectivity index (χ1v) is 10.3. The van der Waals surface area contributed by atoms with Gasteiger partial charge in [0.05, 0.1) is 22.1 Å². The van der Waals surface area contributed by atoms with Gasteiger partial charge in [0.15, 0.2) is 5.75 Å². The molecule has 3 aromatic carbocycles. The number of carbonyl (C=O) groups excluding carboxylic acids is 1. The molecule has 0 amide bonds. The van der Waals surface area contributed by atoms with E-state index in [9.17, 15) is 31.5 Å². The highest BCUT2D eigenvalue weighted by molar-refractivity contribution is 7.92. The Labute approximate surface area is 179 Å². The Morgan fingerprint density at radius 2 is 1.61 bits per heavy atom. The van der Waals surface area contributed by atoms with Gasteiger partial charge in [-0.05, 0) is 54.6 Å². The highest BCUT2D eigenvalue weighted by Crippen LogP contribution is 2.38. The molecule has 0 atom stereocenters. The summed E-state index contributed by atoms with van der Waals surface area (Å²) < 4.78 is 72.3.